The van der Waals surface area contributed by atoms with Gasteiger partial charge in [0, 0.05) is 0 Å². The van der Waals surface area contributed by atoms with Crippen LogP contribution in [-0.4, -0.2) is 32.9 Å². The fourth-order valence-corrected chi connectivity index (χ4v) is 4.10. The van der Waals surface area contributed by atoms with E-state index in [9.17, 15) is 4.79 Å². The molecule has 1 aromatic carbocycles. The SMILES string of the molecule is CN=C1N[I-]C=C(C(=O)NC)C2=C1Oc1cccc(OC)c1N2. The molecular formula is C15H16IN4O3-. The van der Waals surface area contributed by atoms with Crippen molar-refractivity contribution >= 4 is 17.4 Å². The summed E-state index contributed by atoms with van der Waals surface area (Å²) in [5.41, 5.74) is 1.82. The summed E-state index contributed by atoms with van der Waals surface area (Å²) in [6.45, 7) is 0. The first-order valence-electron chi connectivity index (χ1n) is 6.84. The van der Waals surface area contributed by atoms with Crippen LogP contribution in [0.5, 0.6) is 11.5 Å². The summed E-state index contributed by atoms with van der Waals surface area (Å²) in [5.74, 6) is 2.24. The van der Waals surface area contributed by atoms with E-state index in [1.807, 2.05) is 22.3 Å². The number of halogens is 1. The number of likely N-dealkylation sites (N-methyl/N-ethyl adjacent to an activating group) is 1. The van der Waals surface area contributed by atoms with Crippen molar-refractivity contribution in [1.82, 2.24) is 8.85 Å². The molecule has 8 heteroatoms. The third kappa shape index (κ3) is 2.74. The third-order valence-electron chi connectivity index (χ3n) is 3.38. The molecule has 1 aromatic rings. The van der Waals surface area contributed by atoms with Gasteiger partial charge in [0.05, 0.1) is 0 Å². The molecule has 0 aliphatic carbocycles. The van der Waals surface area contributed by atoms with E-state index in [1.165, 1.54) is 0 Å². The van der Waals surface area contributed by atoms with Gasteiger partial charge in [-0.1, -0.05) is 0 Å². The quantitative estimate of drug-likeness (QED) is 0.375. The standard InChI is InChI=1S/C15H16IN4O3/c1-17-14-13-11(8(7-16-20-14)15(21)18-2)19-12-9(22-3)5-4-6-10(12)23-13/h4-7,19H,1-3H3,(H,17,20)(H,18,21)/q-1. The average Bonchev–Trinajstić information content (AvgIpc) is 2.77. The van der Waals surface area contributed by atoms with Crippen LogP contribution in [0.4, 0.5) is 5.69 Å². The molecule has 0 saturated heterocycles. The number of ether oxygens (including phenoxy) is 2. The number of hydrogen-bond acceptors (Lipinski definition) is 5. The zero-order chi connectivity index (χ0) is 16.4. The Kier molecular flexibility index (Phi) is 4.42. The number of carbonyl (C=O) groups excluding carboxylic acids is 1. The average molecular weight is 427 g/mol. The molecule has 1 amide bonds. The summed E-state index contributed by atoms with van der Waals surface area (Å²) in [5, 5.41) is 5.95. The monoisotopic (exact) mass is 427 g/mol. The van der Waals surface area contributed by atoms with Gasteiger partial charge in [-0.3, -0.25) is 0 Å². The van der Waals surface area contributed by atoms with Crippen LogP contribution in [0.2, 0.25) is 0 Å². The van der Waals surface area contributed by atoms with Gasteiger partial charge in [-0.15, -0.1) is 0 Å². The Morgan fingerprint density at radius 2 is 2.26 bits per heavy atom. The Bertz CT molecular complexity index is 755. The number of carbonyl (C=O) groups is 1. The molecule has 7 nitrogen and oxygen atoms in total. The van der Waals surface area contributed by atoms with Gasteiger partial charge in [-0.2, -0.15) is 0 Å². The maximum absolute atomic E-state index is 12.2. The second-order valence-corrected chi connectivity index (χ2v) is 6.43. The molecule has 23 heavy (non-hydrogen) atoms. The van der Waals surface area contributed by atoms with Crippen molar-refractivity contribution in [2.45, 2.75) is 0 Å². The molecule has 0 saturated carbocycles. The first-order valence-corrected chi connectivity index (χ1v) is 9.16. The molecule has 2 heterocycles. The molecular weight excluding hydrogens is 411 g/mol. The van der Waals surface area contributed by atoms with E-state index in [-0.39, 0.29) is 5.91 Å². The van der Waals surface area contributed by atoms with Gasteiger partial charge in [-0.05, 0) is 0 Å². The number of anilines is 1. The van der Waals surface area contributed by atoms with Crippen molar-refractivity contribution in [2.75, 3.05) is 26.5 Å². The minimum absolute atomic E-state index is 0.175. The van der Waals surface area contributed by atoms with Gasteiger partial charge in [0.25, 0.3) is 0 Å². The number of para-hydroxylation sites is 1. The summed E-state index contributed by atoms with van der Waals surface area (Å²) >= 11 is -0.563. The summed E-state index contributed by atoms with van der Waals surface area (Å²) in [7, 11) is 4.88. The number of fused-ring (bicyclic) bond motifs is 1. The number of amidine groups is 1. The molecule has 0 bridgehead atoms. The van der Waals surface area contributed by atoms with E-state index in [0.29, 0.717) is 40.1 Å². The summed E-state index contributed by atoms with van der Waals surface area (Å²) in [6.07, 6.45) is 0. The zero-order valence-corrected chi connectivity index (χ0v) is 15.0. The van der Waals surface area contributed by atoms with E-state index in [4.69, 9.17) is 9.47 Å². The molecule has 3 N–H and O–H groups in total. The Morgan fingerprint density at radius 1 is 1.43 bits per heavy atom. The van der Waals surface area contributed by atoms with Crippen molar-refractivity contribution in [1.29, 1.82) is 0 Å². The van der Waals surface area contributed by atoms with Gasteiger partial charge in [0.2, 0.25) is 0 Å². The van der Waals surface area contributed by atoms with Crippen molar-refractivity contribution in [3.05, 3.63) is 39.3 Å². The number of rotatable bonds is 2. The van der Waals surface area contributed by atoms with Crippen LogP contribution in [0.1, 0.15) is 0 Å². The second-order valence-electron chi connectivity index (χ2n) is 4.64. The Morgan fingerprint density at radius 3 is 2.96 bits per heavy atom. The van der Waals surface area contributed by atoms with E-state index in [2.05, 4.69) is 19.2 Å². The molecule has 0 unspecified atom stereocenters. The first-order chi connectivity index (χ1) is 11.2. The fraction of sp³-hybridized carbons (Fsp3) is 0.200. The number of amides is 1. The van der Waals surface area contributed by atoms with E-state index in [1.54, 1.807) is 21.2 Å². The van der Waals surface area contributed by atoms with Gasteiger partial charge in [0.15, 0.2) is 0 Å². The molecule has 0 radical (unpaired) electrons. The number of hydrogen-bond donors (Lipinski definition) is 3. The molecule has 0 fully saturated rings. The summed E-state index contributed by atoms with van der Waals surface area (Å²) in [6, 6.07) is 5.52. The summed E-state index contributed by atoms with van der Waals surface area (Å²) < 4.78 is 16.6. The Labute approximate surface area is 144 Å². The minimum atomic E-state index is -0.563. The number of nitrogens with zero attached hydrogens (tertiary/aromatic N) is 1. The maximum atomic E-state index is 12.2. The van der Waals surface area contributed by atoms with Crippen LogP contribution in [0.3, 0.4) is 0 Å². The predicted molar refractivity (Wildman–Crippen MR) is 82.9 cm³/mol. The molecule has 0 aromatic heterocycles. The van der Waals surface area contributed by atoms with Crippen LogP contribution in [-0.2, 0) is 4.79 Å². The normalized spacial score (nSPS) is 18.0. The molecule has 2 aliphatic heterocycles. The van der Waals surface area contributed by atoms with Crippen LogP contribution >= 0.6 is 0 Å². The van der Waals surface area contributed by atoms with Gasteiger partial charge >= 0.3 is 144 Å². The van der Waals surface area contributed by atoms with Crippen LogP contribution in [0, 0.1) is 0 Å². The number of benzene rings is 1. The van der Waals surface area contributed by atoms with Gasteiger partial charge in [0.1, 0.15) is 0 Å². The Hall–Kier alpha value is -2.23. The van der Waals surface area contributed by atoms with Crippen LogP contribution in [0.25, 0.3) is 0 Å². The van der Waals surface area contributed by atoms with Crippen molar-refractivity contribution in [3.8, 4) is 11.5 Å². The molecule has 0 spiro atoms. The third-order valence-corrected chi connectivity index (χ3v) is 5.14. The number of aliphatic imine (C=N–C) groups is 1. The topological polar surface area (TPSA) is 84.0 Å². The molecule has 0 atom stereocenters. The first kappa shape index (κ1) is 15.7. The fourth-order valence-electron chi connectivity index (χ4n) is 2.26. The van der Waals surface area contributed by atoms with Crippen LogP contribution in [0.15, 0.2) is 44.3 Å². The van der Waals surface area contributed by atoms with Gasteiger partial charge in [-0.25, -0.2) is 0 Å². The molecule has 3 rings (SSSR count). The predicted octanol–water partition coefficient (Wildman–Crippen LogP) is -2.02. The second kappa shape index (κ2) is 6.49. The molecule has 122 valence electrons. The summed E-state index contributed by atoms with van der Waals surface area (Å²) in [4.78, 5) is 16.5. The Balaban J connectivity index is 2.15. The number of nitrogens with one attached hydrogen (secondary N) is 3. The zero-order valence-electron chi connectivity index (χ0n) is 12.9. The van der Waals surface area contributed by atoms with Gasteiger partial charge < -0.3 is 0 Å². The van der Waals surface area contributed by atoms with E-state index >= 15 is 0 Å². The van der Waals surface area contributed by atoms with Crippen LogP contribution < -0.4 is 45.1 Å². The van der Waals surface area contributed by atoms with Crippen molar-refractivity contribution < 1.29 is 35.7 Å². The van der Waals surface area contributed by atoms with Crippen molar-refractivity contribution in [3.63, 3.8) is 0 Å². The number of methoxy groups -OCH3 is 1. The van der Waals surface area contributed by atoms with E-state index < -0.39 is 21.5 Å². The van der Waals surface area contributed by atoms with Crippen molar-refractivity contribution in [2.24, 2.45) is 4.99 Å². The molecule has 2 aliphatic rings. The van der Waals surface area contributed by atoms with E-state index in [0.717, 1.165) is 0 Å².